The molecule has 0 atom stereocenters. The molecular formula is C16H16O2. The van der Waals surface area contributed by atoms with Gasteiger partial charge in [0.25, 0.3) is 0 Å². The molecule has 0 amide bonds. The molecule has 0 N–H and O–H groups in total. The Morgan fingerprint density at radius 3 is 0.944 bits per heavy atom. The normalized spacial score (nSPS) is 11.8. The average molecular weight is 240 g/mol. The second kappa shape index (κ2) is 4.96. The molecule has 0 saturated heterocycles. The summed E-state index contributed by atoms with van der Waals surface area (Å²) in [6, 6.07) is 13.9. The van der Waals surface area contributed by atoms with Crippen LogP contribution in [0.1, 0.15) is 46.7 Å². The Balaban J connectivity index is 0.000000810. The zero-order valence-electron chi connectivity index (χ0n) is 8.44. The van der Waals surface area contributed by atoms with Crippen LogP contribution in [0.3, 0.4) is 0 Å². The molecule has 2 nitrogen and oxygen atoms in total. The predicted molar refractivity (Wildman–Crippen MR) is 73.2 cm³/mol. The van der Waals surface area contributed by atoms with Gasteiger partial charge in [0.1, 0.15) is 0 Å². The summed E-state index contributed by atoms with van der Waals surface area (Å²) < 4.78 is 0. The van der Waals surface area contributed by atoms with Gasteiger partial charge in [-0.3, -0.25) is 9.59 Å². The van der Waals surface area contributed by atoms with Crippen LogP contribution in [-0.4, -0.2) is 11.6 Å². The SMILES string of the molecule is C.C.O=C1c2ccccc2C(=O)c2ccccc21. The first-order valence-electron chi connectivity index (χ1n) is 5.06. The van der Waals surface area contributed by atoms with Crippen LogP contribution in [0.2, 0.25) is 0 Å². The molecule has 0 bridgehead atoms. The molecule has 0 fully saturated rings. The Labute approximate surface area is 107 Å². The van der Waals surface area contributed by atoms with Crippen molar-refractivity contribution in [3.8, 4) is 0 Å². The van der Waals surface area contributed by atoms with Gasteiger partial charge in [-0.05, 0) is 0 Å². The van der Waals surface area contributed by atoms with Crippen molar-refractivity contribution in [1.29, 1.82) is 0 Å². The number of ketones is 2. The Kier molecular flexibility index (Phi) is 3.82. The van der Waals surface area contributed by atoms with E-state index in [0.717, 1.165) is 0 Å². The summed E-state index contributed by atoms with van der Waals surface area (Å²) >= 11 is 0. The van der Waals surface area contributed by atoms with Crippen LogP contribution in [0.4, 0.5) is 0 Å². The lowest BCUT2D eigenvalue weighted by Gasteiger charge is -2.16. The number of carbonyl (C=O) groups excluding carboxylic acids is 2. The highest BCUT2D eigenvalue weighted by Crippen LogP contribution is 2.26. The molecule has 3 rings (SSSR count). The molecule has 0 spiro atoms. The van der Waals surface area contributed by atoms with Gasteiger partial charge in [0.2, 0.25) is 0 Å². The van der Waals surface area contributed by atoms with Crippen molar-refractivity contribution in [1.82, 2.24) is 0 Å². The summed E-state index contributed by atoms with van der Waals surface area (Å²) in [5, 5.41) is 0. The van der Waals surface area contributed by atoms with Crippen LogP contribution < -0.4 is 0 Å². The number of carbonyl (C=O) groups is 2. The van der Waals surface area contributed by atoms with E-state index in [4.69, 9.17) is 0 Å². The first kappa shape index (κ1) is 13.8. The fourth-order valence-corrected chi connectivity index (χ4v) is 2.05. The lowest BCUT2D eigenvalue weighted by molar-refractivity contribution is 0.0979. The zero-order chi connectivity index (χ0) is 11.1. The van der Waals surface area contributed by atoms with E-state index in [1.807, 2.05) is 0 Å². The van der Waals surface area contributed by atoms with Crippen LogP contribution in [0.15, 0.2) is 48.5 Å². The van der Waals surface area contributed by atoms with Crippen molar-refractivity contribution in [2.24, 2.45) is 0 Å². The first-order chi connectivity index (χ1) is 7.79. The molecule has 1 aliphatic rings. The fraction of sp³-hybridized carbons (Fsp3) is 0.125. The van der Waals surface area contributed by atoms with Crippen LogP contribution >= 0.6 is 0 Å². The van der Waals surface area contributed by atoms with Crippen molar-refractivity contribution in [3.63, 3.8) is 0 Å². The maximum absolute atomic E-state index is 12.1. The van der Waals surface area contributed by atoms with E-state index < -0.39 is 0 Å². The predicted octanol–water partition coefficient (Wildman–Crippen LogP) is 3.73. The third-order valence-corrected chi connectivity index (χ3v) is 2.83. The molecule has 0 unspecified atom stereocenters. The highest BCUT2D eigenvalue weighted by Gasteiger charge is 2.28. The lowest BCUT2D eigenvalue weighted by Crippen LogP contribution is -2.20. The molecule has 1 aliphatic carbocycles. The van der Waals surface area contributed by atoms with E-state index >= 15 is 0 Å². The number of benzene rings is 2. The summed E-state index contributed by atoms with van der Waals surface area (Å²) in [5.74, 6) is -0.128. The van der Waals surface area contributed by atoms with Crippen molar-refractivity contribution in [2.45, 2.75) is 14.9 Å². The van der Waals surface area contributed by atoms with Gasteiger partial charge < -0.3 is 0 Å². The molecule has 2 aromatic carbocycles. The zero-order valence-corrected chi connectivity index (χ0v) is 8.44. The highest BCUT2D eigenvalue weighted by molar-refractivity contribution is 6.28. The van der Waals surface area contributed by atoms with Crippen LogP contribution in [-0.2, 0) is 0 Å². The second-order valence-corrected chi connectivity index (χ2v) is 3.75. The maximum atomic E-state index is 12.1. The van der Waals surface area contributed by atoms with Gasteiger partial charge in [0.15, 0.2) is 11.6 Å². The van der Waals surface area contributed by atoms with Gasteiger partial charge in [0, 0.05) is 22.3 Å². The molecular weight excluding hydrogens is 224 g/mol. The molecule has 0 heterocycles. The van der Waals surface area contributed by atoms with Crippen molar-refractivity contribution in [2.75, 3.05) is 0 Å². The third-order valence-electron chi connectivity index (χ3n) is 2.83. The standard InChI is InChI=1S/C14H8O2.2CH4/c15-13-9-5-1-2-6-10(9)14(16)12-8-4-3-7-11(12)13;;/h1-8H;2*1H4. The minimum absolute atomic E-state index is 0. The quantitative estimate of drug-likeness (QED) is 0.600. The average Bonchev–Trinajstić information content (AvgIpc) is 2.36. The molecule has 0 radical (unpaired) electrons. The van der Waals surface area contributed by atoms with Crippen molar-refractivity contribution < 1.29 is 9.59 Å². The Morgan fingerprint density at radius 1 is 0.500 bits per heavy atom. The van der Waals surface area contributed by atoms with E-state index in [2.05, 4.69) is 0 Å². The lowest BCUT2D eigenvalue weighted by atomic mass is 9.84. The third kappa shape index (κ3) is 1.76. The largest absolute Gasteiger partial charge is 0.289 e. The molecule has 0 aromatic heterocycles. The summed E-state index contributed by atoms with van der Waals surface area (Å²) in [5.41, 5.74) is 2.02. The van der Waals surface area contributed by atoms with Gasteiger partial charge in [-0.2, -0.15) is 0 Å². The minimum atomic E-state index is -0.0641. The number of hydrogen-bond acceptors (Lipinski definition) is 2. The molecule has 2 heteroatoms. The van der Waals surface area contributed by atoms with Gasteiger partial charge in [-0.15, -0.1) is 0 Å². The molecule has 92 valence electrons. The van der Waals surface area contributed by atoms with Crippen molar-refractivity contribution >= 4 is 11.6 Å². The smallest absolute Gasteiger partial charge is 0.194 e. The summed E-state index contributed by atoms with van der Waals surface area (Å²) in [6.07, 6.45) is 0. The maximum Gasteiger partial charge on any atom is 0.194 e. The van der Waals surface area contributed by atoms with Crippen LogP contribution in [0.5, 0.6) is 0 Å². The van der Waals surface area contributed by atoms with E-state index in [9.17, 15) is 9.59 Å². The van der Waals surface area contributed by atoms with Gasteiger partial charge in [-0.25, -0.2) is 0 Å². The number of hydrogen-bond donors (Lipinski definition) is 0. The summed E-state index contributed by atoms with van der Waals surface area (Å²) in [4.78, 5) is 24.2. The van der Waals surface area contributed by atoms with Gasteiger partial charge >= 0.3 is 0 Å². The van der Waals surface area contributed by atoms with Crippen molar-refractivity contribution in [3.05, 3.63) is 70.8 Å². The first-order valence-corrected chi connectivity index (χ1v) is 5.06. The molecule has 0 saturated carbocycles. The Bertz CT molecular complexity index is 506. The van der Waals surface area contributed by atoms with Crippen LogP contribution in [0.25, 0.3) is 0 Å². The highest BCUT2D eigenvalue weighted by atomic mass is 16.1. The molecule has 0 aliphatic heterocycles. The second-order valence-electron chi connectivity index (χ2n) is 3.75. The Morgan fingerprint density at radius 2 is 0.722 bits per heavy atom. The number of fused-ring (bicyclic) bond motifs is 2. The molecule has 18 heavy (non-hydrogen) atoms. The summed E-state index contributed by atoms with van der Waals surface area (Å²) in [6.45, 7) is 0. The monoisotopic (exact) mass is 240 g/mol. The van der Waals surface area contributed by atoms with E-state index in [1.165, 1.54) is 0 Å². The number of rotatable bonds is 0. The fourth-order valence-electron chi connectivity index (χ4n) is 2.05. The van der Waals surface area contributed by atoms with Crippen LogP contribution in [0, 0.1) is 0 Å². The van der Waals surface area contributed by atoms with E-state index in [-0.39, 0.29) is 26.4 Å². The van der Waals surface area contributed by atoms with Gasteiger partial charge in [0.05, 0.1) is 0 Å². The topological polar surface area (TPSA) is 34.1 Å². The Hall–Kier alpha value is -2.22. The molecule has 2 aromatic rings. The summed E-state index contributed by atoms with van der Waals surface area (Å²) in [7, 11) is 0. The minimum Gasteiger partial charge on any atom is -0.289 e. The van der Waals surface area contributed by atoms with E-state index in [1.54, 1.807) is 48.5 Å². The van der Waals surface area contributed by atoms with Gasteiger partial charge in [-0.1, -0.05) is 63.4 Å². The van der Waals surface area contributed by atoms with E-state index in [0.29, 0.717) is 22.3 Å².